The van der Waals surface area contributed by atoms with Crippen LogP contribution >= 0.6 is 0 Å². The molecule has 4 nitrogen and oxygen atoms in total. The zero-order valence-electron chi connectivity index (χ0n) is 10.2. The topological polar surface area (TPSA) is 55.8 Å². The number of benzene rings is 1. The summed E-state index contributed by atoms with van der Waals surface area (Å²) in [7, 11) is 0. The molecule has 1 fully saturated rings. The lowest BCUT2D eigenvalue weighted by Crippen LogP contribution is -2.38. The van der Waals surface area contributed by atoms with Crippen LogP contribution in [0.5, 0.6) is 0 Å². The molecule has 1 N–H and O–H groups in total. The summed E-state index contributed by atoms with van der Waals surface area (Å²) < 4.78 is 10.9. The predicted octanol–water partition coefficient (Wildman–Crippen LogP) is 2.08. The molecule has 2 unspecified atom stereocenters. The van der Waals surface area contributed by atoms with Gasteiger partial charge in [-0.1, -0.05) is 30.3 Å². The molecule has 1 aromatic carbocycles. The van der Waals surface area contributed by atoms with Crippen molar-refractivity contribution in [2.24, 2.45) is 5.92 Å². The summed E-state index contributed by atoms with van der Waals surface area (Å²) in [6.45, 7) is 1.03. The molecule has 98 valence electrons. The van der Waals surface area contributed by atoms with E-state index in [0.29, 0.717) is 19.1 Å². The van der Waals surface area contributed by atoms with Gasteiger partial charge in [0.15, 0.2) is 0 Å². The highest BCUT2D eigenvalue weighted by molar-refractivity contribution is 5.68. The van der Waals surface area contributed by atoms with Gasteiger partial charge in [-0.3, -0.25) is 0 Å². The number of hydrogen-bond donors (Lipinski definition) is 1. The minimum absolute atomic E-state index is 0.0527. The van der Waals surface area contributed by atoms with Crippen molar-refractivity contribution in [2.75, 3.05) is 13.2 Å². The lowest BCUT2D eigenvalue weighted by atomic mass is 9.82. The van der Waals surface area contributed by atoms with E-state index in [1.54, 1.807) is 0 Å². The third kappa shape index (κ3) is 3.82. The Morgan fingerprint density at radius 1 is 1.28 bits per heavy atom. The van der Waals surface area contributed by atoms with Gasteiger partial charge in [0, 0.05) is 5.92 Å². The fourth-order valence-electron chi connectivity index (χ4n) is 2.03. The van der Waals surface area contributed by atoms with Crippen LogP contribution in [0.15, 0.2) is 30.3 Å². The van der Waals surface area contributed by atoms with Crippen LogP contribution in [0.4, 0.5) is 0 Å². The largest absolute Gasteiger partial charge is 0.480 e. The standard InChI is InChI=1S/C14H18O4/c15-14(16)10-18-13-7-6-12(13)9-17-8-11-4-2-1-3-5-11/h1-5,12-13H,6-10H2,(H,15,16). The van der Waals surface area contributed by atoms with E-state index in [1.807, 2.05) is 30.3 Å². The molecule has 1 aliphatic carbocycles. The van der Waals surface area contributed by atoms with E-state index in [4.69, 9.17) is 14.6 Å². The summed E-state index contributed by atoms with van der Waals surface area (Å²) in [5, 5.41) is 8.54. The Kier molecular flexibility index (Phi) is 4.73. The predicted molar refractivity (Wildman–Crippen MR) is 66.2 cm³/mol. The molecule has 0 aromatic heterocycles. The van der Waals surface area contributed by atoms with Crippen molar-refractivity contribution in [1.82, 2.24) is 0 Å². The van der Waals surface area contributed by atoms with E-state index in [0.717, 1.165) is 18.4 Å². The second-order valence-electron chi connectivity index (χ2n) is 4.58. The summed E-state index contributed by atoms with van der Waals surface area (Å²) in [6.07, 6.45) is 2.04. The molecule has 1 aromatic rings. The van der Waals surface area contributed by atoms with Gasteiger partial charge >= 0.3 is 5.97 Å². The van der Waals surface area contributed by atoms with Crippen molar-refractivity contribution in [2.45, 2.75) is 25.6 Å². The summed E-state index contributed by atoms with van der Waals surface area (Å²) in [5.74, 6) is -0.570. The van der Waals surface area contributed by atoms with E-state index in [-0.39, 0.29) is 12.7 Å². The van der Waals surface area contributed by atoms with Gasteiger partial charge in [0.25, 0.3) is 0 Å². The van der Waals surface area contributed by atoms with E-state index in [1.165, 1.54) is 0 Å². The van der Waals surface area contributed by atoms with Crippen LogP contribution in [0.3, 0.4) is 0 Å². The molecule has 18 heavy (non-hydrogen) atoms. The molecule has 4 heteroatoms. The quantitative estimate of drug-likeness (QED) is 0.805. The highest BCUT2D eigenvalue weighted by atomic mass is 16.5. The van der Waals surface area contributed by atoms with E-state index in [9.17, 15) is 4.79 Å². The lowest BCUT2D eigenvalue weighted by molar-refractivity contribution is -0.150. The Labute approximate surface area is 107 Å². The van der Waals surface area contributed by atoms with Gasteiger partial charge in [-0.05, 0) is 18.4 Å². The van der Waals surface area contributed by atoms with E-state index in [2.05, 4.69) is 0 Å². The van der Waals surface area contributed by atoms with Gasteiger partial charge in [-0.15, -0.1) is 0 Å². The average molecular weight is 250 g/mol. The Bertz CT molecular complexity index is 377. The first kappa shape index (κ1) is 13.1. The Morgan fingerprint density at radius 3 is 2.67 bits per heavy atom. The maximum atomic E-state index is 10.4. The number of carboxylic acid groups (broad SMARTS) is 1. The molecular formula is C14H18O4. The monoisotopic (exact) mass is 250 g/mol. The number of aliphatic carboxylic acids is 1. The molecule has 0 spiro atoms. The second kappa shape index (κ2) is 6.52. The van der Waals surface area contributed by atoms with Gasteiger partial charge in [-0.2, -0.15) is 0 Å². The van der Waals surface area contributed by atoms with Gasteiger partial charge in [-0.25, -0.2) is 4.79 Å². The van der Waals surface area contributed by atoms with E-state index >= 15 is 0 Å². The number of carboxylic acids is 1. The zero-order valence-corrected chi connectivity index (χ0v) is 10.2. The number of rotatable bonds is 7. The van der Waals surface area contributed by atoms with Gasteiger partial charge < -0.3 is 14.6 Å². The first-order valence-corrected chi connectivity index (χ1v) is 6.21. The van der Waals surface area contributed by atoms with Gasteiger partial charge in [0.2, 0.25) is 0 Å². The molecule has 0 radical (unpaired) electrons. The first-order valence-electron chi connectivity index (χ1n) is 6.21. The minimum atomic E-state index is -0.911. The molecular weight excluding hydrogens is 232 g/mol. The Morgan fingerprint density at radius 2 is 2.06 bits per heavy atom. The summed E-state index contributed by atoms with van der Waals surface area (Å²) in [5.41, 5.74) is 1.15. The number of ether oxygens (including phenoxy) is 2. The van der Waals surface area contributed by atoms with Crippen molar-refractivity contribution in [3.05, 3.63) is 35.9 Å². The summed E-state index contributed by atoms with van der Waals surface area (Å²) >= 11 is 0. The third-order valence-electron chi connectivity index (χ3n) is 3.21. The zero-order chi connectivity index (χ0) is 12.8. The molecule has 0 aliphatic heterocycles. The average Bonchev–Trinajstić information content (AvgIpc) is 2.34. The molecule has 2 atom stereocenters. The Hall–Kier alpha value is -1.39. The molecule has 1 saturated carbocycles. The lowest BCUT2D eigenvalue weighted by Gasteiger charge is -2.35. The fraction of sp³-hybridized carbons (Fsp3) is 0.500. The molecule has 2 rings (SSSR count). The van der Waals surface area contributed by atoms with E-state index < -0.39 is 5.97 Å². The maximum Gasteiger partial charge on any atom is 0.329 e. The highest BCUT2D eigenvalue weighted by Crippen LogP contribution is 2.30. The molecule has 0 amide bonds. The normalized spacial score (nSPS) is 22.4. The number of hydrogen-bond acceptors (Lipinski definition) is 3. The summed E-state index contributed by atoms with van der Waals surface area (Å²) in [6, 6.07) is 10.0. The smallest absolute Gasteiger partial charge is 0.329 e. The highest BCUT2D eigenvalue weighted by Gasteiger charge is 2.32. The molecule has 1 aliphatic rings. The van der Waals surface area contributed by atoms with Gasteiger partial charge in [0.05, 0.1) is 19.3 Å². The second-order valence-corrected chi connectivity index (χ2v) is 4.58. The SMILES string of the molecule is O=C(O)COC1CCC1COCc1ccccc1. The molecule has 0 saturated heterocycles. The van der Waals surface area contributed by atoms with Crippen LogP contribution in [0, 0.1) is 5.92 Å². The van der Waals surface area contributed by atoms with Crippen LogP contribution in [0.1, 0.15) is 18.4 Å². The summed E-state index contributed by atoms with van der Waals surface area (Å²) in [4.78, 5) is 10.4. The first-order chi connectivity index (χ1) is 8.75. The van der Waals surface area contributed by atoms with Crippen molar-refractivity contribution in [1.29, 1.82) is 0 Å². The Balaban J connectivity index is 1.63. The third-order valence-corrected chi connectivity index (χ3v) is 3.21. The van der Waals surface area contributed by atoms with Crippen molar-refractivity contribution >= 4 is 5.97 Å². The van der Waals surface area contributed by atoms with Crippen LogP contribution < -0.4 is 0 Å². The molecule has 0 bridgehead atoms. The van der Waals surface area contributed by atoms with Crippen LogP contribution in [-0.4, -0.2) is 30.4 Å². The van der Waals surface area contributed by atoms with Crippen LogP contribution in [-0.2, 0) is 20.9 Å². The van der Waals surface area contributed by atoms with Crippen LogP contribution in [0.25, 0.3) is 0 Å². The maximum absolute atomic E-state index is 10.4. The van der Waals surface area contributed by atoms with Crippen LogP contribution in [0.2, 0.25) is 0 Å². The minimum Gasteiger partial charge on any atom is -0.480 e. The molecule has 0 heterocycles. The van der Waals surface area contributed by atoms with Gasteiger partial charge in [0.1, 0.15) is 6.61 Å². The van der Waals surface area contributed by atoms with Crippen molar-refractivity contribution < 1.29 is 19.4 Å². The van der Waals surface area contributed by atoms with Crippen molar-refractivity contribution in [3.8, 4) is 0 Å². The fourth-order valence-corrected chi connectivity index (χ4v) is 2.03. The van der Waals surface area contributed by atoms with Crippen molar-refractivity contribution in [3.63, 3.8) is 0 Å². The number of carbonyl (C=O) groups is 1.